The first kappa shape index (κ1) is 31.9. The molecular weight excluding hydrogens is 685 g/mol. The fourth-order valence-electron chi connectivity index (χ4n) is 8.11. The Hall–Kier alpha value is -7.63. The Morgan fingerprint density at radius 3 is 1.75 bits per heavy atom. The van der Waals surface area contributed by atoms with Crippen LogP contribution in [0, 0.1) is 0 Å². The fraction of sp³-hybridized carbons (Fsp3) is 0. The second-order valence-electron chi connectivity index (χ2n) is 14.0. The molecule has 262 valence electrons. The molecule has 0 radical (unpaired) electrons. The van der Waals surface area contributed by atoms with E-state index in [4.69, 9.17) is 19.5 Å². The Balaban J connectivity index is 1.11. The minimum Gasteiger partial charge on any atom is -0.455 e. The number of pyridine rings is 1. The van der Waals surface area contributed by atoms with Crippen molar-refractivity contribution in [3.8, 4) is 67.4 Å². The number of benzene rings is 7. The molecule has 0 saturated carbocycles. The molecule has 4 aromatic heterocycles. The summed E-state index contributed by atoms with van der Waals surface area (Å²) in [6.45, 7) is 0. The molecule has 0 atom stereocenters. The third kappa shape index (κ3) is 5.21. The summed E-state index contributed by atoms with van der Waals surface area (Å²) < 4.78 is 8.60. The Labute approximate surface area is 322 Å². The summed E-state index contributed by atoms with van der Waals surface area (Å²) in [6.07, 6.45) is 2.00. The zero-order chi connectivity index (χ0) is 37.0. The zero-order valence-corrected chi connectivity index (χ0v) is 30.2. The minimum atomic E-state index is 0.658. The van der Waals surface area contributed by atoms with E-state index in [0.717, 1.165) is 94.4 Å². The van der Waals surface area contributed by atoms with Crippen LogP contribution < -0.4 is 0 Å². The molecule has 0 N–H and O–H groups in total. The maximum atomic E-state index is 6.47. The first-order valence-corrected chi connectivity index (χ1v) is 18.8. The van der Waals surface area contributed by atoms with Crippen molar-refractivity contribution in [2.75, 3.05) is 0 Å². The van der Waals surface area contributed by atoms with E-state index in [1.54, 1.807) is 0 Å². The second-order valence-corrected chi connectivity index (χ2v) is 14.0. The van der Waals surface area contributed by atoms with E-state index in [2.05, 4.69) is 156 Å². The van der Waals surface area contributed by atoms with Gasteiger partial charge in [-0.15, -0.1) is 0 Å². The van der Waals surface area contributed by atoms with Crippen LogP contribution in [0.1, 0.15) is 0 Å². The third-order valence-corrected chi connectivity index (χ3v) is 10.7. The summed E-state index contributed by atoms with van der Waals surface area (Å²) >= 11 is 0. The van der Waals surface area contributed by atoms with E-state index < -0.39 is 0 Å². The number of hydrogen-bond donors (Lipinski definition) is 0. The van der Waals surface area contributed by atoms with Gasteiger partial charge in [0.2, 0.25) is 0 Å². The molecule has 11 rings (SSSR count). The summed E-state index contributed by atoms with van der Waals surface area (Å²) in [6, 6.07) is 65.2. The number of aromatic nitrogens is 4. The first-order chi connectivity index (χ1) is 27.8. The van der Waals surface area contributed by atoms with Gasteiger partial charge in [0.25, 0.3) is 0 Å². The molecule has 5 heteroatoms. The quantitative estimate of drug-likeness (QED) is 0.172. The van der Waals surface area contributed by atoms with Gasteiger partial charge in [-0.25, -0.2) is 14.5 Å². The highest BCUT2D eigenvalue weighted by atomic mass is 16.3. The molecule has 0 fully saturated rings. The number of furan rings is 1. The van der Waals surface area contributed by atoms with Crippen LogP contribution in [0.4, 0.5) is 0 Å². The molecule has 11 aromatic rings. The van der Waals surface area contributed by atoms with Crippen molar-refractivity contribution < 1.29 is 4.42 Å². The monoisotopic (exact) mass is 716 g/mol. The Bertz CT molecular complexity index is 3220. The maximum Gasteiger partial charge on any atom is 0.160 e. The molecule has 0 unspecified atom stereocenters. The number of fused-ring (bicyclic) bond motifs is 6. The van der Waals surface area contributed by atoms with E-state index >= 15 is 0 Å². The van der Waals surface area contributed by atoms with Gasteiger partial charge in [0.1, 0.15) is 11.2 Å². The van der Waals surface area contributed by atoms with Gasteiger partial charge in [0.15, 0.2) is 5.82 Å². The molecule has 5 nitrogen and oxygen atoms in total. The number of rotatable bonds is 6. The van der Waals surface area contributed by atoms with Crippen LogP contribution in [0.3, 0.4) is 0 Å². The highest BCUT2D eigenvalue weighted by molar-refractivity contribution is 6.13. The summed E-state index contributed by atoms with van der Waals surface area (Å²) in [4.78, 5) is 10.3. The van der Waals surface area contributed by atoms with Crippen LogP contribution in [-0.2, 0) is 0 Å². The van der Waals surface area contributed by atoms with E-state index in [1.165, 1.54) is 5.39 Å². The number of nitrogens with zero attached hydrogens (tertiary/aromatic N) is 4. The molecule has 56 heavy (non-hydrogen) atoms. The number of hydrogen-bond acceptors (Lipinski definition) is 4. The van der Waals surface area contributed by atoms with Crippen LogP contribution >= 0.6 is 0 Å². The molecular formula is C51H32N4O. The molecule has 0 aliphatic carbocycles. The molecule has 0 bridgehead atoms. The number of para-hydroxylation sites is 2. The van der Waals surface area contributed by atoms with Gasteiger partial charge in [0, 0.05) is 49.5 Å². The van der Waals surface area contributed by atoms with Crippen LogP contribution in [-0.4, -0.2) is 19.6 Å². The normalized spacial score (nSPS) is 11.6. The Morgan fingerprint density at radius 2 is 1.00 bits per heavy atom. The maximum absolute atomic E-state index is 6.47. The second kappa shape index (κ2) is 13.0. The molecule has 4 heterocycles. The van der Waals surface area contributed by atoms with Crippen LogP contribution in [0.2, 0.25) is 0 Å². The summed E-state index contributed by atoms with van der Waals surface area (Å²) in [5, 5.41) is 9.54. The van der Waals surface area contributed by atoms with Crippen molar-refractivity contribution in [1.29, 1.82) is 0 Å². The predicted molar refractivity (Wildman–Crippen MR) is 228 cm³/mol. The van der Waals surface area contributed by atoms with E-state index in [9.17, 15) is 0 Å². The predicted octanol–water partition coefficient (Wildman–Crippen LogP) is 13.2. The Kier molecular flexibility index (Phi) is 7.42. The highest BCUT2D eigenvalue weighted by Crippen LogP contribution is 2.43. The van der Waals surface area contributed by atoms with Crippen LogP contribution in [0.5, 0.6) is 0 Å². The smallest absolute Gasteiger partial charge is 0.160 e. The van der Waals surface area contributed by atoms with Crippen molar-refractivity contribution in [2.24, 2.45) is 0 Å². The summed E-state index contributed by atoms with van der Waals surface area (Å²) in [5.41, 5.74) is 13.9. The molecule has 7 aromatic carbocycles. The lowest BCUT2D eigenvalue weighted by molar-refractivity contribution is 0.670. The van der Waals surface area contributed by atoms with Crippen molar-refractivity contribution >= 4 is 38.2 Å². The van der Waals surface area contributed by atoms with Gasteiger partial charge < -0.3 is 4.42 Å². The average Bonchev–Trinajstić information content (AvgIpc) is 3.90. The van der Waals surface area contributed by atoms with Crippen molar-refractivity contribution in [1.82, 2.24) is 19.6 Å². The third-order valence-electron chi connectivity index (χ3n) is 10.7. The topological polar surface area (TPSA) is 56.2 Å². The minimum absolute atomic E-state index is 0.658. The Morgan fingerprint density at radius 1 is 0.411 bits per heavy atom. The van der Waals surface area contributed by atoms with Crippen molar-refractivity contribution in [3.63, 3.8) is 0 Å². The summed E-state index contributed by atoms with van der Waals surface area (Å²) in [5.74, 6) is 0.658. The molecule has 0 spiro atoms. The zero-order valence-electron chi connectivity index (χ0n) is 30.2. The van der Waals surface area contributed by atoms with E-state index in [1.807, 2.05) is 42.6 Å². The molecule has 0 saturated heterocycles. The SMILES string of the molecule is c1ccc(-c2nc(-c3ccc(-c4c(-c5ccccc5)n5ncc(-c6ccccc6)c5c5ccccc45)cc3)cc(-c3cccc4c3oc3ccccc34)n2)cc1. The van der Waals surface area contributed by atoms with Gasteiger partial charge in [-0.2, -0.15) is 5.10 Å². The fourth-order valence-corrected chi connectivity index (χ4v) is 8.11. The van der Waals surface area contributed by atoms with Gasteiger partial charge in [-0.1, -0.05) is 170 Å². The molecule has 0 aliphatic rings. The molecule has 0 amide bonds. The highest BCUT2D eigenvalue weighted by Gasteiger charge is 2.22. The van der Waals surface area contributed by atoms with Gasteiger partial charge in [-0.05, 0) is 34.7 Å². The van der Waals surface area contributed by atoms with Gasteiger partial charge >= 0.3 is 0 Å². The lowest BCUT2D eigenvalue weighted by Gasteiger charge is -2.18. The lowest BCUT2D eigenvalue weighted by atomic mass is 9.91. The van der Waals surface area contributed by atoms with E-state index in [-0.39, 0.29) is 0 Å². The van der Waals surface area contributed by atoms with Gasteiger partial charge in [0.05, 0.1) is 28.8 Å². The largest absolute Gasteiger partial charge is 0.455 e. The van der Waals surface area contributed by atoms with Crippen molar-refractivity contribution in [2.45, 2.75) is 0 Å². The average molecular weight is 717 g/mol. The van der Waals surface area contributed by atoms with Crippen LogP contribution in [0.15, 0.2) is 199 Å². The van der Waals surface area contributed by atoms with Gasteiger partial charge in [-0.3, -0.25) is 0 Å². The summed E-state index contributed by atoms with van der Waals surface area (Å²) in [7, 11) is 0. The van der Waals surface area contributed by atoms with E-state index in [0.29, 0.717) is 5.82 Å². The molecule has 0 aliphatic heterocycles. The van der Waals surface area contributed by atoms with Crippen LogP contribution in [0.25, 0.3) is 106 Å². The van der Waals surface area contributed by atoms with Crippen molar-refractivity contribution in [3.05, 3.63) is 194 Å². The standard InChI is InChI=1S/C51H32N4O/c1-4-15-33(16-5-1)43-32-52-55-48(36-17-6-2-7-18-36)47(39-22-10-11-23-40(39)49(43)55)35-29-27-34(28-30-35)44-31-45(54-51(53-44)37-19-8-3-9-20-37)42-25-14-24-41-38-21-12-13-26-46(38)56-50(41)42/h1-32H. The lowest BCUT2D eigenvalue weighted by Crippen LogP contribution is -2.00. The first-order valence-electron chi connectivity index (χ1n) is 18.8.